The summed E-state index contributed by atoms with van der Waals surface area (Å²) in [6.45, 7) is 8.88. The molecule has 1 heterocycles. The van der Waals surface area contributed by atoms with Crippen LogP contribution in [-0.2, 0) is 4.79 Å². The van der Waals surface area contributed by atoms with E-state index >= 15 is 0 Å². The van der Waals surface area contributed by atoms with E-state index in [0.717, 1.165) is 6.54 Å². The van der Waals surface area contributed by atoms with E-state index in [1.54, 1.807) is 4.90 Å². The molecule has 0 aromatic heterocycles. The molecule has 3 atom stereocenters. The summed E-state index contributed by atoms with van der Waals surface area (Å²) in [6, 6.07) is 0.476. The Balaban J connectivity index is 2.48. The van der Waals surface area contributed by atoms with Gasteiger partial charge in [0.2, 0.25) is 5.91 Å². The van der Waals surface area contributed by atoms with Crippen molar-refractivity contribution < 1.29 is 4.79 Å². The normalized spacial score (nSPS) is 28.1. The standard InChI is InChI=1S/C14H27N3OS/c1-10-7-11(2)12(3)17(8-10)9-14(18)16(4)6-5-13(15)19/h10-12H,5-9H2,1-4H3,(H2,15,19). The van der Waals surface area contributed by atoms with Crippen LogP contribution in [0, 0.1) is 11.8 Å². The van der Waals surface area contributed by atoms with Gasteiger partial charge in [0.1, 0.15) is 0 Å². The average Bonchev–Trinajstić information content (AvgIpc) is 2.32. The topological polar surface area (TPSA) is 49.6 Å². The van der Waals surface area contributed by atoms with Crippen molar-refractivity contribution in [3.05, 3.63) is 0 Å². The maximum Gasteiger partial charge on any atom is 0.236 e. The highest BCUT2D eigenvalue weighted by molar-refractivity contribution is 7.80. The number of carbonyl (C=O) groups is 1. The van der Waals surface area contributed by atoms with E-state index in [1.807, 2.05) is 7.05 Å². The number of likely N-dealkylation sites (tertiary alicyclic amines) is 1. The second-order valence-electron chi connectivity index (χ2n) is 6.02. The van der Waals surface area contributed by atoms with E-state index in [-0.39, 0.29) is 5.91 Å². The number of thiocarbonyl (C=S) groups is 1. The summed E-state index contributed by atoms with van der Waals surface area (Å²) in [5, 5.41) is 0. The third kappa shape index (κ3) is 5.07. The van der Waals surface area contributed by atoms with Crippen LogP contribution < -0.4 is 5.73 Å². The lowest BCUT2D eigenvalue weighted by atomic mass is 9.86. The first kappa shape index (κ1) is 16.4. The number of rotatable bonds is 5. The molecule has 1 aliphatic heterocycles. The zero-order valence-electron chi connectivity index (χ0n) is 12.6. The number of nitrogens with two attached hydrogens (primary N) is 1. The number of piperidine rings is 1. The molecule has 19 heavy (non-hydrogen) atoms. The quantitative estimate of drug-likeness (QED) is 0.778. The predicted octanol–water partition coefficient (Wildman–Crippen LogP) is 1.49. The number of hydrogen-bond acceptors (Lipinski definition) is 3. The SMILES string of the molecule is CC1CC(C)C(C)N(CC(=O)N(C)CCC(N)=S)C1. The van der Waals surface area contributed by atoms with Crippen molar-refractivity contribution in [2.24, 2.45) is 17.6 Å². The molecule has 4 nitrogen and oxygen atoms in total. The number of carbonyl (C=O) groups excluding carboxylic acids is 1. The van der Waals surface area contributed by atoms with E-state index in [2.05, 4.69) is 25.7 Å². The highest BCUT2D eigenvalue weighted by Crippen LogP contribution is 2.26. The Morgan fingerprint density at radius 1 is 1.42 bits per heavy atom. The second kappa shape index (κ2) is 7.20. The molecular weight excluding hydrogens is 258 g/mol. The van der Waals surface area contributed by atoms with Crippen LogP contribution in [0.2, 0.25) is 0 Å². The maximum absolute atomic E-state index is 12.2. The molecule has 0 aliphatic carbocycles. The van der Waals surface area contributed by atoms with Crippen molar-refractivity contribution in [3.8, 4) is 0 Å². The minimum absolute atomic E-state index is 0.157. The van der Waals surface area contributed by atoms with E-state index in [4.69, 9.17) is 18.0 Å². The fraction of sp³-hybridized carbons (Fsp3) is 0.857. The van der Waals surface area contributed by atoms with Crippen LogP contribution in [0.15, 0.2) is 0 Å². The lowest BCUT2D eigenvalue weighted by Crippen LogP contribution is -2.50. The highest BCUT2D eigenvalue weighted by atomic mass is 32.1. The molecule has 0 radical (unpaired) electrons. The zero-order chi connectivity index (χ0) is 14.6. The first-order valence-corrected chi connectivity index (χ1v) is 7.48. The summed E-state index contributed by atoms with van der Waals surface area (Å²) in [5.41, 5.74) is 5.47. The van der Waals surface area contributed by atoms with E-state index in [9.17, 15) is 4.79 Å². The first-order valence-electron chi connectivity index (χ1n) is 7.07. The molecule has 1 saturated heterocycles. The van der Waals surface area contributed by atoms with Gasteiger partial charge in [-0.2, -0.15) is 0 Å². The Bertz CT molecular complexity index is 335. The minimum atomic E-state index is 0.157. The summed E-state index contributed by atoms with van der Waals surface area (Å²) < 4.78 is 0. The molecule has 110 valence electrons. The van der Waals surface area contributed by atoms with Gasteiger partial charge in [0.25, 0.3) is 0 Å². The van der Waals surface area contributed by atoms with Crippen molar-refractivity contribution in [3.63, 3.8) is 0 Å². The van der Waals surface area contributed by atoms with E-state index < -0.39 is 0 Å². The van der Waals surface area contributed by atoms with Gasteiger partial charge in [-0.3, -0.25) is 9.69 Å². The Hall–Kier alpha value is -0.680. The predicted molar refractivity (Wildman–Crippen MR) is 83.0 cm³/mol. The Morgan fingerprint density at radius 2 is 2.05 bits per heavy atom. The Morgan fingerprint density at radius 3 is 2.63 bits per heavy atom. The zero-order valence-corrected chi connectivity index (χ0v) is 13.4. The third-order valence-electron chi connectivity index (χ3n) is 4.18. The summed E-state index contributed by atoms with van der Waals surface area (Å²) in [5.74, 6) is 1.48. The molecule has 0 aromatic rings. The van der Waals surface area contributed by atoms with Gasteiger partial charge in [-0.05, 0) is 25.2 Å². The molecule has 1 amide bonds. The van der Waals surface area contributed by atoms with E-state index in [1.165, 1.54) is 6.42 Å². The fourth-order valence-electron chi connectivity index (χ4n) is 2.74. The number of amides is 1. The smallest absolute Gasteiger partial charge is 0.236 e. The van der Waals surface area contributed by atoms with Crippen LogP contribution in [-0.4, -0.2) is 53.4 Å². The van der Waals surface area contributed by atoms with Gasteiger partial charge < -0.3 is 10.6 Å². The Labute approximate surface area is 122 Å². The van der Waals surface area contributed by atoms with Crippen molar-refractivity contribution in [2.75, 3.05) is 26.7 Å². The monoisotopic (exact) mass is 285 g/mol. The van der Waals surface area contributed by atoms with Gasteiger partial charge >= 0.3 is 0 Å². The number of likely N-dealkylation sites (N-methyl/N-ethyl adjacent to an activating group) is 1. The average molecular weight is 285 g/mol. The van der Waals surface area contributed by atoms with Gasteiger partial charge in [0.15, 0.2) is 0 Å². The number of hydrogen-bond donors (Lipinski definition) is 1. The minimum Gasteiger partial charge on any atom is -0.393 e. The molecule has 0 spiro atoms. The lowest BCUT2D eigenvalue weighted by Gasteiger charge is -2.41. The third-order valence-corrected chi connectivity index (χ3v) is 4.38. The molecular formula is C14H27N3OS. The molecule has 1 rings (SSSR count). The second-order valence-corrected chi connectivity index (χ2v) is 6.54. The molecule has 1 aliphatic rings. The van der Waals surface area contributed by atoms with Crippen LogP contribution in [0.25, 0.3) is 0 Å². The van der Waals surface area contributed by atoms with Crippen molar-refractivity contribution in [2.45, 2.75) is 39.7 Å². The first-order chi connectivity index (χ1) is 8.81. The lowest BCUT2D eigenvalue weighted by molar-refractivity contribution is -0.132. The largest absolute Gasteiger partial charge is 0.393 e. The molecule has 2 N–H and O–H groups in total. The van der Waals surface area contributed by atoms with Gasteiger partial charge in [0, 0.05) is 32.6 Å². The van der Waals surface area contributed by atoms with Crippen LogP contribution in [0.1, 0.15) is 33.6 Å². The summed E-state index contributed by atoms with van der Waals surface area (Å²) in [7, 11) is 1.82. The maximum atomic E-state index is 12.2. The van der Waals surface area contributed by atoms with Gasteiger partial charge in [-0.1, -0.05) is 26.1 Å². The van der Waals surface area contributed by atoms with Crippen molar-refractivity contribution >= 4 is 23.1 Å². The molecule has 0 saturated carbocycles. The Kier molecular flexibility index (Phi) is 6.20. The fourth-order valence-corrected chi connectivity index (χ4v) is 2.83. The molecule has 0 aromatic carbocycles. The molecule has 5 heteroatoms. The van der Waals surface area contributed by atoms with Crippen molar-refractivity contribution in [1.82, 2.24) is 9.80 Å². The van der Waals surface area contributed by atoms with Gasteiger partial charge in [-0.25, -0.2) is 0 Å². The summed E-state index contributed by atoms with van der Waals surface area (Å²) >= 11 is 4.84. The summed E-state index contributed by atoms with van der Waals surface area (Å²) in [4.78, 5) is 16.7. The van der Waals surface area contributed by atoms with Gasteiger partial charge in [0.05, 0.1) is 11.5 Å². The van der Waals surface area contributed by atoms with E-state index in [0.29, 0.717) is 42.4 Å². The summed E-state index contributed by atoms with van der Waals surface area (Å²) in [6.07, 6.45) is 1.85. The van der Waals surface area contributed by atoms with Crippen LogP contribution in [0.3, 0.4) is 0 Å². The van der Waals surface area contributed by atoms with Gasteiger partial charge in [-0.15, -0.1) is 0 Å². The highest BCUT2D eigenvalue weighted by Gasteiger charge is 2.30. The number of nitrogens with zero attached hydrogens (tertiary/aromatic N) is 2. The van der Waals surface area contributed by atoms with Crippen LogP contribution >= 0.6 is 12.2 Å². The van der Waals surface area contributed by atoms with Crippen LogP contribution in [0.4, 0.5) is 0 Å². The molecule has 3 unspecified atom stereocenters. The van der Waals surface area contributed by atoms with Crippen molar-refractivity contribution in [1.29, 1.82) is 0 Å². The molecule has 1 fully saturated rings. The molecule has 0 bridgehead atoms. The van der Waals surface area contributed by atoms with Crippen LogP contribution in [0.5, 0.6) is 0 Å².